The van der Waals surface area contributed by atoms with Crippen molar-refractivity contribution in [1.29, 1.82) is 0 Å². The average molecular weight is 340 g/mol. The molecule has 0 amide bonds. The first-order valence-corrected chi connectivity index (χ1v) is 8.59. The van der Waals surface area contributed by atoms with Crippen LogP contribution >= 0.6 is 0 Å². The number of aliphatic hydroxyl groups is 1. The third kappa shape index (κ3) is 3.74. The fourth-order valence-corrected chi connectivity index (χ4v) is 2.83. The van der Waals surface area contributed by atoms with Crippen molar-refractivity contribution in [1.82, 2.24) is 0 Å². The molecule has 1 unspecified atom stereocenters. The summed E-state index contributed by atoms with van der Waals surface area (Å²) in [4.78, 5) is 0. The van der Waals surface area contributed by atoms with E-state index in [1.54, 1.807) is 24.3 Å². The molecule has 1 aliphatic heterocycles. The highest BCUT2D eigenvalue weighted by molar-refractivity contribution is 6.62. The Morgan fingerprint density at radius 3 is 1.92 bits per heavy atom. The molecule has 25 heavy (non-hydrogen) atoms. The third-order valence-electron chi connectivity index (χ3n) is 5.21. The van der Waals surface area contributed by atoms with E-state index in [0.29, 0.717) is 6.42 Å². The van der Waals surface area contributed by atoms with E-state index < -0.39 is 6.10 Å². The van der Waals surface area contributed by atoms with Gasteiger partial charge < -0.3 is 19.5 Å². The van der Waals surface area contributed by atoms with Crippen molar-refractivity contribution >= 4 is 12.6 Å². The van der Waals surface area contributed by atoms with Gasteiger partial charge in [-0.25, -0.2) is 0 Å². The van der Waals surface area contributed by atoms with Crippen molar-refractivity contribution < 1.29 is 19.5 Å². The molecule has 0 aromatic heterocycles. The van der Waals surface area contributed by atoms with E-state index in [0.717, 1.165) is 16.6 Å². The number of rotatable bonds is 4. The van der Waals surface area contributed by atoms with Crippen LogP contribution in [0.2, 0.25) is 0 Å². The zero-order chi connectivity index (χ0) is 18.2. The van der Waals surface area contributed by atoms with E-state index in [1.165, 1.54) is 0 Å². The normalized spacial score (nSPS) is 19.8. The Balaban J connectivity index is 1.68. The molecule has 1 fully saturated rings. The van der Waals surface area contributed by atoms with E-state index in [4.69, 9.17) is 9.31 Å². The van der Waals surface area contributed by atoms with Gasteiger partial charge in [0.1, 0.15) is 5.75 Å². The molecule has 0 spiro atoms. The van der Waals surface area contributed by atoms with E-state index in [9.17, 15) is 10.2 Å². The SMILES string of the molecule is CC1(C)OB(c2ccc(CC(O)c3ccc(O)cc3)cc2)OC1(C)C. The van der Waals surface area contributed by atoms with Crippen LogP contribution in [0, 0.1) is 0 Å². The van der Waals surface area contributed by atoms with E-state index in [2.05, 4.69) is 0 Å². The minimum atomic E-state index is -0.608. The summed E-state index contributed by atoms with van der Waals surface area (Å²) in [6.07, 6.45) is -0.0997. The molecule has 1 aliphatic rings. The zero-order valence-corrected chi connectivity index (χ0v) is 15.2. The number of hydrogen-bond acceptors (Lipinski definition) is 4. The molecule has 132 valence electrons. The van der Waals surface area contributed by atoms with Crippen LogP contribution in [0.15, 0.2) is 48.5 Å². The molecule has 4 nitrogen and oxygen atoms in total. The maximum Gasteiger partial charge on any atom is 0.494 e. The number of hydrogen-bond donors (Lipinski definition) is 2. The summed E-state index contributed by atoms with van der Waals surface area (Å²) >= 11 is 0. The van der Waals surface area contributed by atoms with Gasteiger partial charge in [0.2, 0.25) is 0 Å². The van der Waals surface area contributed by atoms with Crippen LogP contribution < -0.4 is 5.46 Å². The van der Waals surface area contributed by atoms with Gasteiger partial charge in [-0.05, 0) is 56.4 Å². The lowest BCUT2D eigenvalue weighted by Crippen LogP contribution is -2.41. The smallest absolute Gasteiger partial charge is 0.494 e. The van der Waals surface area contributed by atoms with Gasteiger partial charge in [0.05, 0.1) is 17.3 Å². The van der Waals surface area contributed by atoms with E-state index in [-0.39, 0.29) is 24.1 Å². The first kappa shape index (κ1) is 18.0. The second-order valence-electron chi connectivity index (χ2n) is 7.64. The van der Waals surface area contributed by atoms with E-state index >= 15 is 0 Å². The number of aromatic hydroxyl groups is 1. The number of benzene rings is 2. The maximum absolute atomic E-state index is 10.4. The minimum absolute atomic E-state index is 0.197. The predicted molar refractivity (Wildman–Crippen MR) is 98.9 cm³/mol. The van der Waals surface area contributed by atoms with Crippen molar-refractivity contribution in [3.05, 3.63) is 59.7 Å². The first-order valence-electron chi connectivity index (χ1n) is 8.59. The number of phenols is 1. The fourth-order valence-electron chi connectivity index (χ4n) is 2.83. The second-order valence-corrected chi connectivity index (χ2v) is 7.64. The Morgan fingerprint density at radius 1 is 0.880 bits per heavy atom. The van der Waals surface area contributed by atoms with Crippen molar-refractivity contribution in [3.63, 3.8) is 0 Å². The van der Waals surface area contributed by atoms with Crippen LogP contribution in [0.3, 0.4) is 0 Å². The van der Waals surface area contributed by atoms with Crippen LogP contribution in [-0.2, 0) is 15.7 Å². The van der Waals surface area contributed by atoms with Crippen molar-refractivity contribution in [3.8, 4) is 5.75 Å². The summed E-state index contributed by atoms with van der Waals surface area (Å²) in [6, 6.07) is 14.6. The van der Waals surface area contributed by atoms with Crippen molar-refractivity contribution in [2.45, 2.75) is 51.4 Å². The van der Waals surface area contributed by atoms with E-state index in [1.807, 2.05) is 52.0 Å². The molecule has 3 rings (SSSR count). The first-order chi connectivity index (χ1) is 11.7. The summed E-state index contributed by atoms with van der Waals surface area (Å²) in [6.45, 7) is 8.15. The summed E-state index contributed by atoms with van der Waals surface area (Å²) in [7, 11) is -0.374. The monoisotopic (exact) mass is 340 g/mol. The Morgan fingerprint density at radius 2 is 1.40 bits per heavy atom. The van der Waals surface area contributed by atoms with Crippen molar-refractivity contribution in [2.24, 2.45) is 0 Å². The molecule has 2 N–H and O–H groups in total. The minimum Gasteiger partial charge on any atom is -0.508 e. The Hall–Kier alpha value is -1.82. The summed E-state index contributed by atoms with van der Waals surface area (Å²) in [5.74, 6) is 0.197. The van der Waals surface area contributed by atoms with Crippen LogP contribution in [0.4, 0.5) is 0 Å². The molecule has 5 heteroatoms. The Labute approximate surface area is 149 Å². The molecule has 2 aromatic rings. The lowest BCUT2D eigenvalue weighted by molar-refractivity contribution is 0.00578. The number of phenolic OH excluding ortho intramolecular Hbond substituents is 1. The largest absolute Gasteiger partial charge is 0.508 e. The van der Waals surface area contributed by atoms with Crippen molar-refractivity contribution in [2.75, 3.05) is 0 Å². The van der Waals surface area contributed by atoms with Crippen LogP contribution in [0.25, 0.3) is 0 Å². The zero-order valence-electron chi connectivity index (χ0n) is 15.2. The van der Waals surface area contributed by atoms with Gasteiger partial charge in [-0.15, -0.1) is 0 Å². The summed E-state index contributed by atoms with van der Waals surface area (Å²) in [5, 5.41) is 19.7. The average Bonchev–Trinajstić information content (AvgIpc) is 2.76. The third-order valence-corrected chi connectivity index (χ3v) is 5.21. The van der Waals surface area contributed by atoms with Gasteiger partial charge in [-0.3, -0.25) is 0 Å². The molecule has 0 bridgehead atoms. The molecule has 1 heterocycles. The van der Waals surface area contributed by atoms with Gasteiger partial charge >= 0.3 is 7.12 Å². The fraction of sp³-hybridized carbons (Fsp3) is 0.400. The number of aliphatic hydroxyl groups excluding tert-OH is 1. The lowest BCUT2D eigenvalue weighted by atomic mass is 9.78. The molecule has 0 saturated carbocycles. The predicted octanol–water partition coefficient (Wildman–Crippen LogP) is 2.97. The summed E-state index contributed by atoms with van der Waals surface area (Å²) < 4.78 is 12.1. The highest BCUT2D eigenvalue weighted by Crippen LogP contribution is 2.36. The van der Waals surface area contributed by atoms with Crippen LogP contribution in [0.1, 0.15) is 44.9 Å². The molecule has 2 aromatic carbocycles. The maximum atomic E-state index is 10.4. The Bertz CT molecular complexity index is 706. The molecule has 1 saturated heterocycles. The lowest BCUT2D eigenvalue weighted by Gasteiger charge is -2.32. The molecule has 0 radical (unpaired) electrons. The Kier molecular flexibility index (Phi) is 4.67. The van der Waals surface area contributed by atoms with Gasteiger partial charge in [0, 0.05) is 6.42 Å². The molecule has 1 atom stereocenters. The molecule has 0 aliphatic carbocycles. The highest BCUT2D eigenvalue weighted by atomic mass is 16.7. The second kappa shape index (κ2) is 6.48. The molecular weight excluding hydrogens is 315 g/mol. The molecular formula is C20H25BO4. The topological polar surface area (TPSA) is 58.9 Å². The van der Waals surface area contributed by atoms with Gasteiger partial charge in [0.25, 0.3) is 0 Å². The van der Waals surface area contributed by atoms with Gasteiger partial charge in [-0.1, -0.05) is 36.4 Å². The quantitative estimate of drug-likeness (QED) is 0.840. The van der Waals surface area contributed by atoms with Gasteiger partial charge in [-0.2, -0.15) is 0 Å². The summed E-state index contributed by atoms with van der Waals surface area (Å²) in [5.41, 5.74) is 2.08. The van der Waals surface area contributed by atoms with Crippen LogP contribution in [-0.4, -0.2) is 28.5 Å². The standard InChI is InChI=1S/C20H25BO4/c1-19(2)20(3,4)25-21(24-19)16-9-5-14(6-10-16)13-18(23)15-7-11-17(22)12-8-15/h5-12,18,22-23H,13H2,1-4H3. The van der Waals surface area contributed by atoms with Crippen LogP contribution in [0.5, 0.6) is 5.75 Å². The van der Waals surface area contributed by atoms with Gasteiger partial charge in [0.15, 0.2) is 0 Å². The highest BCUT2D eigenvalue weighted by Gasteiger charge is 2.51.